The van der Waals surface area contributed by atoms with Crippen LogP contribution in [0.25, 0.3) is 0 Å². The van der Waals surface area contributed by atoms with E-state index in [9.17, 15) is 0 Å². The maximum atomic E-state index is 5.44. The Labute approximate surface area is 135 Å². The van der Waals surface area contributed by atoms with Crippen LogP contribution in [0.15, 0.2) is 26.9 Å². The highest BCUT2D eigenvalue weighted by molar-refractivity contribution is 9.11. The second kappa shape index (κ2) is 7.84. The molecule has 0 fully saturated rings. The lowest BCUT2D eigenvalue weighted by Gasteiger charge is -2.40. The van der Waals surface area contributed by atoms with Crippen LogP contribution in [0, 0.1) is 0 Å². The van der Waals surface area contributed by atoms with Crippen molar-refractivity contribution in [1.82, 2.24) is 15.5 Å². The molecule has 0 aromatic rings. The van der Waals surface area contributed by atoms with Crippen molar-refractivity contribution in [3.05, 3.63) is 22.0 Å². The predicted molar refractivity (Wildman–Crippen MR) is 90.2 cm³/mol. The van der Waals surface area contributed by atoms with Crippen molar-refractivity contribution in [2.75, 3.05) is 26.3 Å². The third kappa shape index (κ3) is 4.23. The number of aliphatic imine (C=N–C) groups is 1. The standard InChI is InChI=1S/C15H25BrN4O/c1-4-17-15-18-11(3)13-9-12(16)10-20(14(13)19-15)7-6-8-21-5-2/h10,14H,4-9H2,1-3H3,(H2,17,18,19). The summed E-state index contributed by atoms with van der Waals surface area (Å²) in [5.74, 6) is 0.866. The number of fused-ring (bicyclic) bond motifs is 1. The smallest absolute Gasteiger partial charge is 0.198 e. The van der Waals surface area contributed by atoms with Gasteiger partial charge in [-0.2, -0.15) is 0 Å². The topological polar surface area (TPSA) is 48.9 Å². The largest absolute Gasteiger partial charge is 0.382 e. The van der Waals surface area contributed by atoms with Crippen molar-refractivity contribution >= 4 is 21.9 Å². The van der Waals surface area contributed by atoms with Crippen LogP contribution in [0.5, 0.6) is 0 Å². The van der Waals surface area contributed by atoms with Gasteiger partial charge < -0.3 is 20.3 Å². The Morgan fingerprint density at radius 1 is 1.52 bits per heavy atom. The number of allylic oxidation sites excluding steroid dienone is 2. The van der Waals surface area contributed by atoms with Gasteiger partial charge in [0.15, 0.2) is 5.96 Å². The number of rotatable bonds is 6. The van der Waals surface area contributed by atoms with Crippen molar-refractivity contribution in [2.45, 2.75) is 39.8 Å². The Morgan fingerprint density at radius 3 is 3.05 bits per heavy atom. The summed E-state index contributed by atoms with van der Waals surface area (Å²) in [5, 5.41) is 6.78. The van der Waals surface area contributed by atoms with Crippen LogP contribution in [0.2, 0.25) is 0 Å². The normalized spacial score (nSPS) is 21.5. The average Bonchev–Trinajstić information content (AvgIpc) is 2.45. The Morgan fingerprint density at radius 2 is 2.33 bits per heavy atom. The first-order valence-electron chi connectivity index (χ1n) is 7.64. The summed E-state index contributed by atoms with van der Waals surface area (Å²) in [6.07, 6.45) is 4.33. The van der Waals surface area contributed by atoms with E-state index in [-0.39, 0.29) is 6.17 Å². The van der Waals surface area contributed by atoms with Crippen LogP contribution < -0.4 is 10.6 Å². The minimum absolute atomic E-state index is 0.194. The fourth-order valence-electron chi connectivity index (χ4n) is 2.62. The molecular formula is C15H25BrN4O. The maximum Gasteiger partial charge on any atom is 0.198 e. The highest BCUT2D eigenvalue weighted by Crippen LogP contribution is 2.32. The lowest BCUT2D eigenvalue weighted by Crippen LogP contribution is -2.54. The summed E-state index contributed by atoms with van der Waals surface area (Å²) in [4.78, 5) is 6.94. The van der Waals surface area contributed by atoms with E-state index in [1.54, 1.807) is 0 Å². The molecule has 0 saturated heterocycles. The molecule has 118 valence electrons. The van der Waals surface area contributed by atoms with Gasteiger partial charge in [0.05, 0.1) is 0 Å². The Balaban J connectivity index is 2.08. The van der Waals surface area contributed by atoms with E-state index >= 15 is 0 Å². The van der Waals surface area contributed by atoms with Crippen LogP contribution in [0.4, 0.5) is 0 Å². The Hall–Kier alpha value is -1.01. The first-order chi connectivity index (χ1) is 10.2. The number of guanidine groups is 1. The minimum Gasteiger partial charge on any atom is -0.382 e. The molecule has 6 heteroatoms. The van der Waals surface area contributed by atoms with Crippen LogP contribution in [-0.4, -0.2) is 43.3 Å². The second-order valence-electron chi connectivity index (χ2n) is 5.19. The van der Waals surface area contributed by atoms with Gasteiger partial charge in [-0.3, -0.25) is 0 Å². The van der Waals surface area contributed by atoms with Crippen molar-refractivity contribution in [3.63, 3.8) is 0 Å². The maximum absolute atomic E-state index is 5.44. The molecule has 5 nitrogen and oxygen atoms in total. The zero-order valence-corrected chi connectivity index (χ0v) is 14.7. The lowest BCUT2D eigenvalue weighted by molar-refractivity contribution is 0.132. The molecule has 21 heavy (non-hydrogen) atoms. The quantitative estimate of drug-likeness (QED) is 0.718. The Kier molecular flexibility index (Phi) is 6.11. The number of hydrogen-bond donors (Lipinski definition) is 2. The number of nitrogens with one attached hydrogen (secondary N) is 2. The second-order valence-corrected chi connectivity index (χ2v) is 6.21. The summed E-state index contributed by atoms with van der Waals surface area (Å²) < 4.78 is 6.64. The highest BCUT2D eigenvalue weighted by atomic mass is 79.9. The third-order valence-electron chi connectivity index (χ3n) is 3.60. The average molecular weight is 357 g/mol. The van der Waals surface area contributed by atoms with Gasteiger partial charge in [-0.05, 0) is 32.8 Å². The van der Waals surface area contributed by atoms with Crippen LogP contribution in [0.3, 0.4) is 0 Å². The molecular weight excluding hydrogens is 332 g/mol. The minimum atomic E-state index is 0.194. The van der Waals surface area contributed by atoms with Crippen molar-refractivity contribution in [3.8, 4) is 0 Å². The SMILES string of the molecule is CCNC1=NC(C)=C2CC(Br)=CN(CCCOCC)C2N1. The fraction of sp³-hybridized carbons (Fsp3) is 0.667. The Bertz CT molecular complexity index is 459. The molecule has 0 radical (unpaired) electrons. The van der Waals surface area contributed by atoms with E-state index in [0.29, 0.717) is 0 Å². The molecule has 0 aromatic carbocycles. The number of ether oxygens (including phenoxy) is 1. The third-order valence-corrected chi connectivity index (χ3v) is 4.08. The van der Waals surface area contributed by atoms with Gasteiger partial charge >= 0.3 is 0 Å². The van der Waals surface area contributed by atoms with Gasteiger partial charge in [0.1, 0.15) is 6.17 Å². The van der Waals surface area contributed by atoms with Gasteiger partial charge in [-0.25, -0.2) is 4.99 Å². The number of nitrogens with zero attached hydrogens (tertiary/aromatic N) is 2. The summed E-state index contributed by atoms with van der Waals surface area (Å²) in [7, 11) is 0. The van der Waals surface area contributed by atoms with Crippen LogP contribution in [-0.2, 0) is 4.74 Å². The van der Waals surface area contributed by atoms with Crippen molar-refractivity contribution < 1.29 is 4.74 Å². The molecule has 0 saturated carbocycles. The molecule has 2 rings (SSSR count). The van der Waals surface area contributed by atoms with E-state index in [0.717, 1.165) is 50.8 Å². The van der Waals surface area contributed by atoms with Crippen molar-refractivity contribution in [1.29, 1.82) is 0 Å². The summed E-state index contributed by atoms with van der Waals surface area (Å²) >= 11 is 3.65. The monoisotopic (exact) mass is 356 g/mol. The molecule has 2 heterocycles. The summed E-state index contributed by atoms with van der Waals surface area (Å²) in [6.45, 7) is 9.61. The van der Waals surface area contributed by atoms with E-state index < -0.39 is 0 Å². The molecule has 0 spiro atoms. The molecule has 1 unspecified atom stereocenters. The molecule has 0 amide bonds. The van der Waals surface area contributed by atoms with Gasteiger partial charge in [0.25, 0.3) is 0 Å². The van der Waals surface area contributed by atoms with E-state index in [1.807, 2.05) is 6.92 Å². The zero-order valence-electron chi connectivity index (χ0n) is 13.1. The van der Waals surface area contributed by atoms with Crippen LogP contribution in [0.1, 0.15) is 33.6 Å². The first kappa shape index (κ1) is 16.4. The van der Waals surface area contributed by atoms with Crippen molar-refractivity contribution in [2.24, 2.45) is 4.99 Å². The van der Waals surface area contributed by atoms with Gasteiger partial charge in [0.2, 0.25) is 0 Å². The molecule has 0 bridgehead atoms. The summed E-state index contributed by atoms with van der Waals surface area (Å²) in [6, 6.07) is 0. The highest BCUT2D eigenvalue weighted by Gasteiger charge is 2.30. The number of halogens is 1. The van der Waals surface area contributed by atoms with Crippen LogP contribution >= 0.6 is 15.9 Å². The van der Waals surface area contributed by atoms with E-state index in [1.165, 1.54) is 10.1 Å². The van der Waals surface area contributed by atoms with Gasteiger partial charge in [-0.15, -0.1) is 0 Å². The van der Waals surface area contributed by atoms with Gasteiger partial charge in [0, 0.05) is 49.1 Å². The lowest BCUT2D eigenvalue weighted by atomic mass is 10.0. The predicted octanol–water partition coefficient (Wildman–Crippen LogP) is 2.52. The fourth-order valence-corrected chi connectivity index (χ4v) is 3.19. The number of hydrogen-bond acceptors (Lipinski definition) is 5. The zero-order chi connectivity index (χ0) is 15.2. The molecule has 0 aliphatic carbocycles. The molecule has 1 atom stereocenters. The molecule has 2 aliphatic heterocycles. The molecule has 2 aliphatic rings. The summed E-state index contributed by atoms with van der Waals surface area (Å²) in [5.41, 5.74) is 2.44. The van der Waals surface area contributed by atoms with Gasteiger partial charge in [-0.1, -0.05) is 15.9 Å². The van der Waals surface area contributed by atoms with E-state index in [4.69, 9.17) is 4.74 Å². The van der Waals surface area contributed by atoms with E-state index in [2.05, 4.69) is 56.5 Å². The molecule has 2 N–H and O–H groups in total. The first-order valence-corrected chi connectivity index (χ1v) is 8.43. The molecule has 0 aromatic heterocycles.